The molecule has 0 spiro atoms. The second-order valence-corrected chi connectivity index (χ2v) is 6.06. The molecule has 0 atom stereocenters. The van der Waals surface area contributed by atoms with Gasteiger partial charge in [0.05, 0.1) is 11.9 Å². The van der Waals surface area contributed by atoms with Crippen LogP contribution in [0.4, 0.5) is 14.5 Å². The van der Waals surface area contributed by atoms with Crippen molar-refractivity contribution in [3.05, 3.63) is 58.0 Å². The minimum Gasteiger partial charge on any atom is -0.370 e. The first-order chi connectivity index (χ1) is 12.0. The summed E-state index contributed by atoms with van der Waals surface area (Å²) in [5, 5.41) is 8.83. The third-order valence-corrected chi connectivity index (χ3v) is 4.27. The van der Waals surface area contributed by atoms with Crippen molar-refractivity contribution in [3.8, 4) is 0 Å². The van der Waals surface area contributed by atoms with Crippen molar-refractivity contribution in [1.29, 1.82) is 0 Å². The lowest BCUT2D eigenvalue weighted by Crippen LogP contribution is -2.40. The summed E-state index contributed by atoms with van der Waals surface area (Å²) in [5.74, 6) is -1.62. The smallest absolute Gasteiger partial charge is 0.266 e. The number of anilines is 1. The highest BCUT2D eigenvalue weighted by atomic mass is 19.1. The molecule has 2 heterocycles. The van der Waals surface area contributed by atoms with Gasteiger partial charge in [0.15, 0.2) is 0 Å². The predicted octanol–water partition coefficient (Wildman–Crippen LogP) is 1.58. The Bertz CT molecular complexity index is 796. The molecular weight excluding hydrogens is 330 g/mol. The lowest BCUT2D eigenvalue weighted by atomic mass is 9.95. The molecule has 1 aliphatic heterocycles. The average molecular weight is 348 g/mol. The zero-order valence-corrected chi connectivity index (χ0v) is 13.5. The van der Waals surface area contributed by atoms with Crippen molar-refractivity contribution < 1.29 is 13.6 Å². The van der Waals surface area contributed by atoms with E-state index in [1.807, 2.05) is 4.90 Å². The first-order valence-electron chi connectivity index (χ1n) is 8.03. The van der Waals surface area contributed by atoms with E-state index in [-0.39, 0.29) is 23.9 Å². The van der Waals surface area contributed by atoms with Gasteiger partial charge in [-0.3, -0.25) is 9.59 Å². The average Bonchev–Trinajstić information content (AvgIpc) is 2.59. The molecule has 0 unspecified atom stereocenters. The molecule has 2 aromatic rings. The number of aromatic nitrogens is 2. The number of benzene rings is 1. The van der Waals surface area contributed by atoms with Crippen LogP contribution >= 0.6 is 0 Å². The van der Waals surface area contributed by atoms with E-state index < -0.39 is 11.6 Å². The van der Waals surface area contributed by atoms with E-state index in [4.69, 9.17) is 0 Å². The van der Waals surface area contributed by atoms with E-state index in [0.29, 0.717) is 31.5 Å². The Kier molecular flexibility index (Phi) is 5.06. The molecule has 1 aromatic heterocycles. The van der Waals surface area contributed by atoms with Gasteiger partial charge in [-0.25, -0.2) is 13.9 Å². The molecule has 0 radical (unpaired) electrons. The van der Waals surface area contributed by atoms with Gasteiger partial charge in [0.25, 0.3) is 5.56 Å². The van der Waals surface area contributed by atoms with Crippen molar-refractivity contribution in [1.82, 2.24) is 15.5 Å². The van der Waals surface area contributed by atoms with Gasteiger partial charge in [-0.15, -0.1) is 0 Å². The predicted molar refractivity (Wildman–Crippen MR) is 88.0 cm³/mol. The van der Waals surface area contributed by atoms with Gasteiger partial charge < -0.3 is 10.2 Å². The summed E-state index contributed by atoms with van der Waals surface area (Å²) in [6.07, 6.45) is 2.85. The quantitative estimate of drug-likeness (QED) is 0.879. The number of rotatable bonds is 4. The van der Waals surface area contributed by atoms with Crippen LogP contribution < -0.4 is 15.8 Å². The Balaban J connectivity index is 1.52. The standard InChI is InChI=1S/C17H18F2N4O2/c18-13-5-11(6-14(19)7-13)9-20-17(25)12-1-3-23(4-2-12)15-8-16(24)22-21-10-15/h5-8,10,12H,1-4,9H2,(H,20,25)(H,22,24). The van der Waals surface area contributed by atoms with Crippen LogP contribution in [0, 0.1) is 17.6 Å². The van der Waals surface area contributed by atoms with Crippen LogP contribution in [0.25, 0.3) is 0 Å². The summed E-state index contributed by atoms with van der Waals surface area (Å²) >= 11 is 0. The number of H-pyrrole nitrogens is 1. The molecular formula is C17H18F2N4O2. The molecule has 0 bridgehead atoms. The highest BCUT2D eigenvalue weighted by Gasteiger charge is 2.25. The van der Waals surface area contributed by atoms with E-state index >= 15 is 0 Å². The fourth-order valence-electron chi connectivity index (χ4n) is 2.99. The fourth-order valence-corrected chi connectivity index (χ4v) is 2.99. The molecule has 8 heteroatoms. The van der Waals surface area contributed by atoms with Crippen LogP contribution in [0.3, 0.4) is 0 Å². The van der Waals surface area contributed by atoms with E-state index in [2.05, 4.69) is 15.5 Å². The fraction of sp³-hybridized carbons (Fsp3) is 0.353. The monoisotopic (exact) mass is 348 g/mol. The number of aromatic amines is 1. The number of amides is 1. The highest BCUT2D eigenvalue weighted by Crippen LogP contribution is 2.22. The van der Waals surface area contributed by atoms with Gasteiger partial charge in [-0.1, -0.05) is 0 Å². The normalized spacial score (nSPS) is 15.2. The first kappa shape index (κ1) is 17.1. The molecule has 0 saturated carbocycles. The van der Waals surface area contributed by atoms with Gasteiger partial charge in [0.2, 0.25) is 5.91 Å². The number of hydrogen-bond donors (Lipinski definition) is 2. The zero-order valence-electron chi connectivity index (χ0n) is 13.5. The molecule has 6 nitrogen and oxygen atoms in total. The van der Waals surface area contributed by atoms with Crippen LogP contribution in [-0.2, 0) is 11.3 Å². The topological polar surface area (TPSA) is 78.1 Å². The summed E-state index contributed by atoms with van der Waals surface area (Å²) in [7, 11) is 0. The maximum Gasteiger partial charge on any atom is 0.266 e. The van der Waals surface area contributed by atoms with Gasteiger partial charge in [0, 0.05) is 37.7 Å². The molecule has 1 saturated heterocycles. The van der Waals surface area contributed by atoms with Gasteiger partial charge >= 0.3 is 0 Å². The van der Waals surface area contributed by atoms with Gasteiger partial charge in [0.1, 0.15) is 11.6 Å². The van der Waals surface area contributed by atoms with Crippen LogP contribution in [0.1, 0.15) is 18.4 Å². The largest absolute Gasteiger partial charge is 0.370 e. The van der Waals surface area contributed by atoms with Crippen molar-refractivity contribution in [2.24, 2.45) is 5.92 Å². The van der Waals surface area contributed by atoms with Crippen LogP contribution in [-0.4, -0.2) is 29.2 Å². The molecule has 132 valence electrons. The van der Waals surface area contributed by atoms with Crippen molar-refractivity contribution in [2.75, 3.05) is 18.0 Å². The summed E-state index contributed by atoms with van der Waals surface area (Å²) < 4.78 is 26.3. The lowest BCUT2D eigenvalue weighted by molar-refractivity contribution is -0.125. The second kappa shape index (κ2) is 7.42. The van der Waals surface area contributed by atoms with Crippen molar-refractivity contribution in [3.63, 3.8) is 0 Å². The number of piperidine rings is 1. The SMILES string of the molecule is O=C(NCc1cc(F)cc(F)c1)C1CCN(c2cn[nH]c(=O)c2)CC1. The number of nitrogens with zero attached hydrogens (tertiary/aromatic N) is 2. The highest BCUT2D eigenvalue weighted by molar-refractivity contribution is 5.79. The Labute approximate surface area is 142 Å². The van der Waals surface area contributed by atoms with E-state index in [1.165, 1.54) is 18.2 Å². The maximum atomic E-state index is 13.2. The van der Waals surface area contributed by atoms with Gasteiger partial charge in [-0.2, -0.15) is 5.10 Å². The molecule has 1 fully saturated rings. The van der Waals surface area contributed by atoms with Gasteiger partial charge in [-0.05, 0) is 30.5 Å². The number of carbonyl (C=O) groups is 1. The molecule has 1 aromatic carbocycles. The molecule has 25 heavy (non-hydrogen) atoms. The number of carbonyl (C=O) groups excluding carboxylic acids is 1. The van der Waals surface area contributed by atoms with Crippen molar-refractivity contribution in [2.45, 2.75) is 19.4 Å². The summed E-state index contributed by atoms with van der Waals surface area (Å²) in [6.45, 7) is 1.36. The Hall–Kier alpha value is -2.77. The number of nitrogens with one attached hydrogen (secondary N) is 2. The Morgan fingerprint density at radius 2 is 1.88 bits per heavy atom. The Morgan fingerprint density at radius 3 is 2.52 bits per heavy atom. The van der Waals surface area contributed by atoms with E-state index in [0.717, 1.165) is 11.8 Å². The summed E-state index contributed by atoms with van der Waals surface area (Å²) in [5.41, 5.74) is 0.857. The third kappa shape index (κ3) is 4.40. The summed E-state index contributed by atoms with van der Waals surface area (Å²) in [4.78, 5) is 25.6. The molecule has 2 N–H and O–H groups in total. The summed E-state index contributed by atoms with van der Waals surface area (Å²) in [6, 6.07) is 4.67. The molecule has 1 aliphatic rings. The zero-order chi connectivity index (χ0) is 17.8. The van der Waals surface area contributed by atoms with Crippen molar-refractivity contribution >= 4 is 11.6 Å². The number of hydrogen-bond acceptors (Lipinski definition) is 4. The van der Waals surface area contributed by atoms with E-state index in [1.54, 1.807) is 6.20 Å². The second-order valence-electron chi connectivity index (χ2n) is 6.06. The third-order valence-electron chi connectivity index (χ3n) is 4.27. The lowest BCUT2D eigenvalue weighted by Gasteiger charge is -2.32. The molecule has 1 amide bonds. The van der Waals surface area contributed by atoms with Crippen LogP contribution in [0.2, 0.25) is 0 Å². The minimum atomic E-state index is -0.663. The minimum absolute atomic E-state index is 0.0890. The maximum absolute atomic E-state index is 13.2. The van der Waals surface area contributed by atoms with Crippen LogP contribution in [0.5, 0.6) is 0 Å². The first-order valence-corrected chi connectivity index (χ1v) is 8.03. The molecule has 0 aliphatic carbocycles. The van der Waals surface area contributed by atoms with E-state index in [9.17, 15) is 18.4 Å². The molecule has 3 rings (SSSR count). The number of halogens is 2. The Morgan fingerprint density at radius 1 is 1.20 bits per heavy atom. The van der Waals surface area contributed by atoms with Crippen LogP contribution in [0.15, 0.2) is 35.3 Å².